The Hall–Kier alpha value is -2.06. The predicted molar refractivity (Wildman–Crippen MR) is 73.5 cm³/mol. The Kier molecular flexibility index (Phi) is 2.87. The van der Waals surface area contributed by atoms with Crippen LogP contribution in [0.4, 0.5) is 0 Å². The van der Waals surface area contributed by atoms with Crippen molar-refractivity contribution in [3.63, 3.8) is 0 Å². The fourth-order valence-corrected chi connectivity index (χ4v) is 2.32. The molecule has 18 heavy (non-hydrogen) atoms. The summed E-state index contributed by atoms with van der Waals surface area (Å²) in [5, 5.41) is 10.6. The molecular weight excluding hydrogens is 222 g/mol. The molecular formula is C16H15NO. The number of aromatic nitrogens is 1. The summed E-state index contributed by atoms with van der Waals surface area (Å²) in [6.45, 7) is 0.0998. The minimum Gasteiger partial charge on any atom is -0.392 e. The van der Waals surface area contributed by atoms with Crippen molar-refractivity contribution in [2.45, 2.75) is 13.0 Å². The summed E-state index contributed by atoms with van der Waals surface area (Å²) in [5.74, 6) is 0. The summed E-state index contributed by atoms with van der Waals surface area (Å²) in [7, 11) is 0. The van der Waals surface area contributed by atoms with Crippen LogP contribution < -0.4 is 0 Å². The zero-order chi connectivity index (χ0) is 12.4. The summed E-state index contributed by atoms with van der Waals surface area (Å²) in [4.78, 5) is 3.19. The van der Waals surface area contributed by atoms with E-state index < -0.39 is 0 Å². The molecule has 0 fully saturated rings. The highest BCUT2D eigenvalue weighted by Crippen LogP contribution is 2.19. The van der Waals surface area contributed by atoms with Crippen LogP contribution >= 0.6 is 0 Å². The second-order valence-electron chi connectivity index (χ2n) is 4.50. The molecule has 0 atom stereocenters. The Morgan fingerprint density at radius 3 is 2.61 bits per heavy atom. The standard InChI is InChI=1S/C16H15NO/c18-11-15-4-2-1-3-13(15)9-12-5-6-16-14(10-12)7-8-17-16/h1-8,10,17-18H,9,11H2. The van der Waals surface area contributed by atoms with Crippen LogP contribution in [0, 0.1) is 0 Å². The summed E-state index contributed by atoms with van der Waals surface area (Å²) in [6, 6.07) is 16.5. The van der Waals surface area contributed by atoms with Crippen LogP contribution in [0.15, 0.2) is 54.7 Å². The van der Waals surface area contributed by atoms with Crippen molar-refractivity contribution in [1.82, 2.24) is 4.98 Å². The summed E-state index contributed by atoms with van der Waals surface area (Å²) in [5.41, 5.74) is 4.62. The number of benzene rings is 2. The van der Waals surface area contributed by atoms with Crippen molar-refractivity contribution in [2.75, 3.05) is 0 Å². The third-order valence-electron chi connectivity index (χ3n) is 3.30. The number of hydrogen-bond donors (Lipinski definition) is 2. The van der Waals surface area contributed by atoms with Crippen molar-refractivity contribution in [3.05, 3.63) is 71.4 Å². The molecule has 0 saturated heterocycles. The number of hydrogen-bond acceptors (Lipinski definition) is 1. The second kappa shape index (κ2) is 4.67. The Labute approximate surface area is 106 Å². The molecule has 0 spiro atoms. The number of aromatic amines is 1. The number of aliphatic hydroxyl groups excluding tert-OH is 1. The topological polar surface area (TPSA) is 36.0 Å². The normalized spacial score (nSPS) is 10.9. The number of rotatable bonds is 3. The maximum atomic E-state index is 9.33. The molecule has 2 nitrogen and oxygen atoms in total. The van der Waals surface area contributed by atoms with Crippen molar-refractivity contribution in [2.24, 2.45) is 0 Å². The van der Waals surface area contributed by atoms with Gasteiger partial charge < -0.3 is 10.1 Å². The number of fused-ring (bicyclic) bond motifs is 1. The minimum absolute atomic E-state index is 0.0998. The van der Waals surface area contributed by atoms with Crippen LogP contribution in [0.25, 0.3) is 10.9 Å². The quantitative estimate of drug-likeness (QED) is 0.720. The van der Waals surface area contributed by atoms with Crippen molar-refractivity contribution < 1.29 is 5.11 Å². The predicted octanol–water partition coefficient (Wildman–Crippen LogP) is 3.25. The lowest BCUT2D eigenvalue weighted by atomic mass is 9.99. The van der Waals surface area contributed by atoms with Gasteiger partial charge in [0.15, 0.2) is 0 Å². The highest BCUT2D eigenvalue weighted by Gasteiger charge is 2.03. The Balaban J connectivity index is 1.95. The Morgan fingerprint density at radius 1 is 0.944 bits per heavy atom. The van der Waals surface area contributed by atoms with Gasteiger partial charge in [-0.05, 0) is 46.7 Å². The molecule has 0 aliphatic rings. The Bertz CT molecular complexity index is 669. The van der Waals surface area contributed by atoms with Gasteiger partial charge in [-0.25, -0.2) is 0 Å². The first-order valence-corrected chi connectivity index (χ1v) is 6.10. The molecule has 2 N–H and O–H groups in total. The van der Waals surface area contributed by atoms with Gasteiger partial charge >= 0.3 is 0 Å². The third kappa shape index (κ3) is 2.03. The third-order valence-corrected chi connectivity index (χ3v) is 3.30. The van der Waals surface area contributed by atoms with E-state index in [1.165, 1.54) is 16.5 Å². The van der Waals surface area contributed by atoms with E-state index in [2.05, 4.69) is 35.3 Å². The second-order valence-corrected chi connectivity index (χ2v) is 4.50. The van der Waals surface area contributed by atoms with Crippen LogP contribution in [0.1, 0.15) is 16.7 Å². The first-order chi connectivity index (χ1) is 8.86. The molecule has 0 bridgehead atoms. The van der Waals surface area contributed by atoms with E-state index in [4.69, 9.17) is 0 Å². The van der Waals surface area contributed by atoms with E-state index in [-0.39, 0.29) is 6.61 Å². The molecule has 0 aliphatic carbocycles. The van der Waals surface area contributed by atoms with Crippen molar-refractivity contribution in [1.29, 1.82) is 0 Å². The summed E-state index contributed by atoms with van der Waals surface area (Å²) in [6.07, 6.45) is 2.81. The molecule has 0 radical (unpaired) electrons. The highest BCUT2D eigenvalue weighted by atomic mass is 16.3. The lowest BCUT2D eigenvalue weighted by Gasteiger charge is -2.07. The maximum Gasteiger partial charge on any atom is 0.0684 e. The molecule has 3 rings (SSSR count). The van der Waals surface area contributed by atoms with Crippen molar-refractivity contribution >= 4 is 10.9 Å². The van der Waals surface area contributed by atoms with Gasteiger partial charge in [-0.1, -0.05) is 30.3 Å². The lowest BCUT2D eigenvalue weighted by molar-refractivity contribution is 0.281. The van der Waals surface area contributed by atoms with Gasteiger partial charge in [0.1, 0.15) is 0 Å². The van der Waals surface area contributed by atoms with Crippen LogP contribution in [0.3, 0.4) is 0 Å². The first kappa shape index (κ1) is 11.1. The molecule has 1 aromatic heterocycles. The first-order valence-electron chi connectivity index (χ1n) is 6.10. The largest absolute Gasteiger partial charge is 0.392 e. The average Bonchev–Trinajstić information content (AvgIpc) is 2.87. The molecule has 2 aromatic carbocycles. The van der Waals surface area contributed by atoms with E-state index in [9.17, 15) is 5.11 Å². The minimum atomic E-state index is 0.0998. The molecule has 0 saturated carbocycles. The molecule has 1 heterocycles. The van der Waals surface area contributed by atoms with Gasteiger partial charge in [0, 0.05) is 11.7 Å². The van der Waals surface area contributed by atoms with Gasteiger partial charge in [-0.15, -0.1) is 0 Å². The molecule has 2 heteroatoms. The molecule has 0 unspecified atom stereocenters. The smallest absolute Gasteiger partial charge is 0.0684 e. The Morgan fingerprint density at radius 2 is 1.78 bits per heavy atom. The van der Waals surface area contributed by atoms with Gasteiger partial charge in [0.25, 0.3) is 0 Å². The fourth-order valence-electron chi connectivity index (χ4n) is 2.32. The van der Waals surface area contributed by atoms with E-state index in [0.29, 0.717) is 0 Å². The SMILES string of the molecule is OCc1ccccc1Cc1ccc2[nH]ccc2c1. The van der Waals surface area contributed by atoms with Crippen LogP contribution in [0.2, 0.25) is 0 Å². The molecule has 90 valence electrons. The molecule has 0 aliphatic heterocycles. The highest BCUT2D eigenvalue weighted by molar-refractivity contribution is 5.80. The maximum absolute atomic E-state index is 9.33. The van der Waals surface area contributed by atoms with Crippen molar-refractivity contribution in [3.8, 4) is 0 Å². The number of aliphatic hydroxyl groups is 1. The zero-order valence-corrected chi connectivity index (χ0v) is 10.1. The van der Waals surface area contributed by atoms with E-state index in [0.717, 1.165) is 17.5 Å². The van der Waals surface area contributed by atoms with Crippen LogP contribution in [0.5, 0.6) is 0 Å². The fraction of sp³-hybridized carbons (Fsp3) is 0.125. The average molecular weight is 237 g/mol. The molecule has 0 amide bonds. The molecule has 3 aromatic rings. The van der Waals surface area contributed by atoms with Gasteiger partial charge in [0.2, 0.25) is 0 Å². The summed E-state index contributed by atoms with van der Waals surface area (Å²) < 4.78 is 0. The lowest BCUT2D eigenvalue weighted by Crippen LogP contribution is -1.95. The monoisotopic (exact) mass is 237 g/mol. The van der Waals surface area contributed by atoms with Gasteiger partial charge in [-0.2, -0.15) is 0 Å². The number of nitrogens with one attached hydrogen (secondary N) is 1. The van der Waals surface area contributed by atoms with E-state index in [1.54, 1.807) is 0 Å². The van der Waals surface area contributed by atoms with E-state index in [1.807, 2.05) is 24.4 Å². The van der Waals surface area contributed by atoms with Gasteiger partial charge in [-0.3, -0.25) is 0 Å². The zero-order valence-electron chi connectivity index (χ0n) is 10.1. The van der Waals surface area contributed by atoms with Gasteiger partial charge in [0.05, 0.1) is 6.61 Å². The van der Waals surface area contributed by atoms with Crippen LogP contribution in [-0.4, -0.2) is 10.1 Å². The van der Waals surface area contributed by atoms with Crippen LogP contribution in [-0.2, 0) is 13.0 Å². The summed E-state index contributed by atoms with van der Waals surface area (Å²) >= 11 is 0. The van der Waals surface area contributed by atoms with E-state index >= 15 is 0 Å². The number of H-pyrrole nitrogens is 1.